The molecular weight excluding hydrogens is 473 g/mol. The van der Waals surface area contributed by atoms with E-state index in [1.54, 1.807) is 0 Å². The Labute approximate surface area is 225 Å². The number of nitrogens with one attached hydrogen (secondary N) is 1. The number of carbonyl (C=O) groups is 1. The SMILES string of the molecule is C=Cc1ccccc1C=C(CNC(=O)OCC1c2ccccc2-c2ccccc21)B1OC(C)(C)C(C)(C)O1. The molecule has 0 unspecified atom stereocenters. The number of amides is 1. The van der Waals surface area contributed by atoms with E-state index in [0.717, 1.165) is 16.6 Å². The summed E-state index contributed by atoms with van der Waals surface area (Å²) < 4.78 is 18.4. The summed E-state index contributed by atoms with van der Waals surface area (Å²) >= 11 is 0. The Balaban J connectivity index is 1.31. The van der Waals surface area contributed by atoms with Crippen LogP contribution in [0, 0.1) is 0 Å². The van der Waals surface area contributed by atoms with Gasteiger partial charge in [0.2, 0.25) is 0 Å². The molecule has 0 aromatic heterocycles. The maximum atomic E-state index is 12.9. The maximum Gasteiger partial charge on any atom is 0.492 e. The van der Waals surface area contributed by atoms with Crippen molar-refractivity contribution >= 4 is 25.4 Å². The predicted octanol–water partition coefficient (Wildman–Crippen LogP) is 6.88. The summed E-state index contributed by atoms with van der Waals surface area (Å²) in [6.45, 7) is 12.5. The van der Waals surface area contributed by atoms with E-state index in [1.807, 2.05) is 88.4 Å². The Morgan fingerprint density at radius 1 is 0.895 bits per heavy atom. The lowest BCUT2D eigenvalue weighted by Crippen LogP contribution is -2.41. The van der Waals surface area contributed by atoms with Crippen molar-refractivity contribution < 1.29 is 18.8 Å². The molecule has 194 valence electrons. The largest absolute Gasteiger partial charge is 0.492 e. The Kier molecular flexibility index (Phi) is 7.04. The van der Waals surface area contributed by atoms with Crippen molar-refractivity contribution in [1.29, 1.82) is 0 Å². The van der Waals surface area contributed by atoms with Gasteiger partial charge >= 0.3 is 13.2 Å². The van der Waals surface area contributed by atoms with E-state index in [-0.39, 0.29) is 19.1 Å². The molecule has 1 fully saturated rings. The van der Waals surface area contributed by atoms with Crippen LogP contribution in [0.5, 0.6) is 0 Å². The molecule has 1 N–H and O–H groups in total. The minimum absolute atomic E-state index is 0.00530. The van der Waals surface area contributed by atoms with Gasteiger partial charge in [-0.05, 0) is 66.5 Å². The van der Waals surface area contributed by atoms with Gasteiger partial charge in [-0.25, -0.2) is 4.79 Å². The molecule has 1 heterocycles. The summed E-state index contributed by atoms with van der Waals surface area (Å²) in [4.78, 5) is 12.9. The molecule has 3 aromatic carbocycles. The minimum atomic E-state index is -0.605. The molecule has 2 aliphatic rings. The predicted molar refractivity (Wildman–Crippen MR) is 154 cm³/mol. The van der Waals surface area contributed by atoms with Crippen LogP contribution in [0.1, 0.15) is 55.9 Å². The Morgan fingerprint density at radius 2 is 1.42 bits per heavy atom. The highest BCUT2D eigenvalue weighted by Crippen LogP contribution is 2.44. The van der Waals surface area contributed by atoms with Crippen molar-refractivity contribution in [2.75, 3.05) is 13.2 Å². The van der Waals surface area contributed by atoms with Gasteiger partial charge in [0, 0.05) is 12.5 Å². The molecule has 5 rings (SSSR count). The third kappa shape index (κ3) is 4.94. The van der Waals surface area contributed by atoms with Crippen molar-refractivity contribution in [2.45, 2.75) is 44.8 Å². The third-order valence-corrected chi connectivity index (χ3v) is 7.89. The van der Waals surface area contributed by atoms with Crippen LogP contribution in [0.15, 0.2) is 84.8 Å². The summed E-state index contributed by atoms with van der Waals surface area (Å²) in [5, 5.41) is 2.93. The fraction of sp³-hybridized carbons (Fsp3) is 0.281. The van der Waals surface area contributed by atoms with Gasteiger partial charge in [0.05, 0.1) is 11.2 Å². The van der Waals surface area contributed by atoms with Gasteiger partial charge in [0.15, 0.2) is 0 Å². The first-order valence-corrected chi connectivity index (χ1v) is 13.1. The molecule has 1 saturated heterocycles. The molecular formula is C32H34BNO4. The zero-order valence-corrected chi connectivity index (χ0v) is 22.5. The fourth-order valence-electron chi connectivity index (χ4n) is 5.05. The molecule has 38 heavy (non-hydrogen) atoms. The highest BCUT2D eigenvalue weighted by molar-refractivity contribution is 6.56. The molecule has 1 amide bonds. The van der Waals surface area contributed by atoms with E-state index in [9.17, 15) is 4.79 Å². The minimum Gasteiger partial charge on any atom is -0.449 e. The smallest absolute Gasteiger partial charge is 0.449 e. The molecule has 0 spiro atoms. The Morgan fingerprint density at radius 3 is 2.00 bits per heavy atom. The van der Waals surface area contributed by atoms with Crippen LogP contribution < -0.4 is 5.32 Å². The maximum absolute atomic E-state index is 12.9. The molecule has 6 heteroatoms. The van der Waals surface area contributed by atoms with Crippen LogP contribution in [-0.4, -0.2) is 37.6 Å². The first-order chi connectivity index (χ1) is 18.2. The molecule has 0 atom stereocenters. The van der Waals surface area contributed by atoms with Gasteiger partial charge in [-0.2, -0.15) is 0 Å². The average molecular weight is 507 g/mol. The van der Waals surface area contributed by atoms with Crippen LogP contribution in [0.2, 0.25) is 0 Å². The zero-order chi connectivity index (χ0) is 26.9. The lowest BCUT2D eigenvalue weighted by molar-refractivity contribution is 0.00578. The van der Waals surface area contributed by atoms with Gasteiger partial charge in [-0.15, -0.1) is 0 Å². The second-order valence-electron chi connectivity index (χ2n) is 10.8. The molecule has 0 radical (unpaired) electrons. The van der Waals surface area contributed by atoms with Crippen molar-refractivity contribution in [3.8, 4) is 11.1 Å². The van der Waals surface area contributed by atoms with Gasteiger partial charge in [-0.3, -0.25) is 0 Å². The van der Waals surface area contributed by atoms with Gasteiger partial charge < -0.3 is 19.4 Å². The molecule has 5 nitrogen and oxygen atoms in total. The first kappa shape index (κ1) is 26.0. The highest BCUT2D eigenvalue weighted by atomic mass is 16.7. The van der Waals surface area contributed by atoms with Crippen molar-refractivity contribution in [3.63, 3.8) is 0 Å². The molecule has 1 aliphatic carbocycles. The normalized spacial score (nSPS) is 17.6. The van der Waals surface area contributed by atoms with Crippen molar-refractivity contribution in [3.05, 3.63) is 107 Å². The fourth-order valence-corrected chi connectivity index (χ4v) is 5.05. The number of rotatable bonds is 7. The van der Waals surface area contributed by atoms with E-state index in [2.05, 4.69) is 36.2 Å². The summed E-state index contributed by atoms with van der Waals surface area (Å²) in [6.07, 6.45) is 3.33. The third-order valence-electron chi connectivity index (χ3n) is 7.89. The monoisotopic (exact) mass is 507 g/mol. The number of hydrogen-bond donors (Lipinski definition) is 1. The summed E-state index contributed by atoms with van der Waals surface area (Å²) in [5.41, 5.74) is 6.51. The number of fused-ring (bicyclic) bond motifs is 3. The molecule has 0 bridgehead atoms. The number of carbonyl (C=O) groups excluding carboxylic acids is 1. The van der Waals surface area contributed by atoms with E-state index in [1.165, 1.54) is 22.3 Å². The van der Waals surface area contributed by atoms with E-state index < -0.39 is 24.4 Å². The highest BCUT2D eigenvalue weighted by Gasteiger charge is 2.52. The van der Waals surface area contributed by atoms with E-state index in [4.69, 9.17) is 14.0 Å². The quantitative estimate of drug-likeness (QED) is 0.354. The van der Waals surface area contributed by atoms with Gasteiger partial charge in [0.1, 0.15) is 6.61 Å². The molecule has 0 saturated carbocycles. The second kappa shape index (κ2) is 10.3. The first-order valence-electron chi connectivity index (χ1n) is 13.1. The van der Waals surface area contributed by atoms with Crippen molar-refractivity contribution in [2.24, 2.45) is 0 Å². The summed E-state index contributed by atoms with van der Waals surface area (Å²) in [5.74, 6) is 0.00530. The van der Waals surface area contributed by atoms with Crippen LogP contribution in [0.25, 0.3) is 23.3 Å². The van der Waals surface area contributed by atoms with Crippen molar-refractivity contribution in [1.82, 2.24) is 5.32 Å². The van der Waals surface area contributed by atoms with Gasteiger partial charge in [-0.1, -0.05) is 91.5 Å². The standard InChI is InChI=1S/C32H34BNO4/c1-6-22-13-7-8-14-23(22)19-24(33-37-31(2,3)32(4,5)38-33)20-34-30(35)36-21-29-27-17-11-9-15-25(27)26-16-10-12-18-28(26)29/h6-19,29H,1,20-21H2,2-5H3,(H,34,35). The number of ether oxygens (including phenoxy) is 1. The van der Waals surface area contributed by atoms with Crippen LogP contribution in [0.4, 0.5) is 4.79 Å². The molecule has 3 aromatic rings. The lowest BCUT2D eigenvalue weighted by atomic mass is 9.76. The van der Waals surface area contributed by atoms with Crippen LogP contribution in [0.3, 0.4) is 0 Å². The topological polar surface area (TPSA) is 56.8 Å². The second-order valence-corrected chi connectivity index (χ2v) is 10.8. The number of alkyl carbamates (subject to hydrolysis) is 1. The molecule has 1 aliphatic heterocycles. The Hall–Kier alpha value is -3.61. The summed E-state index contributed by atoms with van der Waals surface area (Å²) in [6, 6.07) is 24.6. The zero-order valence-electron chi connectivity index (χ0n) is 22.5. The number of hydrogen-bond acceptors (Lipinski definition) is 4. The lowest BCUT2D eigenvalue weighted by Gasteiger charge is -2.32. The number of benzene rings is 3. The van der Waals surface area contributed by atoms with Gasteiger partial charge in [0.25, 0.3) is 0 Å². The van der Waals surface area contributed by atoms with Crippen LogP contribution >= 0.6 is 0 Å². The average Bonchev–Trinajstić information content (AvgIpc) is 3.34. The van der Waals surface area contributed by atoms with E-state index in [0.29, 0.717) is 0 Å². The van der Waals surface area contributed by atoms with E-state index >= 15 is 0 Å². The summed E-state index contributed by atoms with van der Waals surface area (Å²) in [7, 11) is -0.605. The Bertz CT molecular complexity index is 1330. The van der Waals surface area contributed by atoms with Crippen LogP contribution in [-0.2, 0) is 14.0 Å².